The zero-order valence-electron chi connectivity index (χ0n) is 11.2. The fraction of sp³-hybridized carbons (Fsp3) is 0.0714. The number of hydrogen-bond donors (Lipinski definition) is 2. The van der Waals surface area contributed by atoms with Crippen molar-refractivity contribution in [1.82, 2.24) is 15.4 Å². The summed E-state index contributed by atoms with van der Waals surface area (Å²) in [6.45, 7) is 0. The molecule has 0 spiro atoms. The number of benzene rings is 1. The molecule has 0 atom stereocenters. The minimum atomic E-state index is -0.258. The number of amides is 1. The molecule has 7 heteroatoms. The van der Waals surface area contributed by atoms with Gasteiger partial charge in [-0.1, -0.05) is 27.7 Å². The van der Waals surface area contributed by atoms with Gasteiger partial charge in [-0.05, 0) is 36.6 Å². The van der Waals surface area contributed by atoms with E-state index >= 15 is 0 Å². The molecule has 0 aliphatic heterocycles. The van der Waals surface area contributed by atoms with Crippen molar-refractivity contribution < 1.29 is 4.79 Å². The molecular weight excluding hydrogens is 352 g/mol. The largest absolute Gasteiger partial charge is 0.298 e. The lowest BCUT2D eigenvalue weighted by atomic mass is 10.3. The van der Waals surface area contributed by atoms with Crippen LogP contribution in [0.3, 0.4) is 0 Å². The summed E-state index contributed by atoms with van der Waals surface area (Å²) in [5, 5.41) is 0.702. The fourth-order valence-corrected chi connectivity index (χ4v) is 1.98. The van der Waals surface area contributed by atoms with Crippen LogP contribution in [0.25, 0.3) is 6.08 Å². The molecule has 0 bridgehead atoms. The Balaban J connectivity index is 1.85. The molecule has 108 valence electrons. The first kappa shape index (κ1) is 15.5. The van der Waals surface area contributed by atoms with Gasteiger partial charge in [-0.25, -0.2) is 9.97 Å². The average molecular weight is 365 g/mol. The third-order valence-electron chi connectivity index (χ3n) is 2.43. The summed E-state index contributed by atoms with van der Waals surface area (Å²) in [6, 6.07) is 7.47. The van der Waals surface area contributed by atoms with Crippen LogP contribution in [0.15, 0.2) is 52.4 Å². The summed E-state index contributed by atoms with van der Waals surface area (Å²) in [7, 11) is 0. The third-order valence-corrected chi connectivity index (χ3v) is 3.54. The molecule has 0 saturated carbocycles. The summed E-state index contributed by atoms with van der Waals surface area (Å²) >= 11 is 4.82. The van der Waals surface area contributed by atoms with E-state index in [4.69, 9.17) is 0 Å². The molecule has 5 nitrogen and oxygen atoms in total. The zero-order valence-corrected chi connectivity index (χ0v) is 13.6. The molecule has 1 aromatic carbocycles. The van der Waals surface area contributed by atoms with E-state index in [2.05, 4.69) is 36.7 Å². The Kier molecular flexibility index (Phi) is 5.77. The van der Waals surface area contributed by atoms with Crippen molar-refractivity contribution in [3.63, 3.8) is 0 Å². The molecule has 2 rings (SSSR count). The third kappa shape index (κ3) is 5.20. The fourth-order valence-electron chi connectivity index (χ4n) is 1.40. The molecule has 1 amide bonds. The molecule has 2 N–H and O–H groups in total. The van der Waals surface area contributed by atoms with E-state index in [1.165, 1.54) is 17.8 Å². The first-order valence-electron chi connectivity index (χ1n) is 6.03. The van der Waals surface area contributed by atoms with Gasteiger partial charge in [0.05, 0.1) is 5.69 Å². The SMILES string of the molecule is CSc1ncc(/C=C/C(=O)NNc2ccc(Br)cc2)cn1. The maximum absolute atomic E-state index is 11.7. The van der Waals surface area contributed by atoms with Gasteiger partial charge < -0.3 is 0 Å². The Bertz CT molecular complexity index is 628. The van der Waals surface area contributed by atoms with Crippen molar-refractivity contribution in [2.45, 2.75) is 5.16 Å². The summed E-state index contributed by atoms with van der Waals surface area (Å²) in [4.78, 5) is 19.9. The molecule has 1 aromatic heterocycles. The van der Waals surface area contributed by atoms with Crippen LogP contribution >= 0.6 is 27.7 Å². The lowest BCUT2D eigenvalue weighted by molar-refractivity contribution is -0.115. The predicted octanol–water partition coefficient (Wildman–Crippen LogP) is 3.12. The topological polar surface area (TPSA) is 66.9 Å². The lowest BCUT2D eigenvalue weighted by Gasteiger charge is -2.06. The standard InChI is InChI=1S/C14H13BrN4OS/c1-21-14-16-8-10(9-17-14)2-7-13(20)19-18-12-5-3-11(15)4-6-12/h2-9,18H,1H3,(H,19,20)/b7-2+. The van der Waals surface area contributed by atoms with Gasteiger partial charge >= 0.3 is 0 Å². The van der Waals surface area contributed by atoms with Crippen molar-refractivity contribution in [3.05, 3.63) is 52.8 Å². The van der Waals surface area contributed by atoms with E-state index in [0.717, 1.165) is 15.7 Å². The first-order valence-corrected chi connectivity index (χ1v) is 8.05. The van der Waals surface area contributed by atoms with Crippen LogP contribution < -0.4 is 10.9 Å². The van der Waals surface area contributed by atoms with Gasteiger partial charge in [0.15, 0.2) is 5.16 Å². The van der Waals surface area contributed by atoms with E-state index < -0.39 is 0 Å². The van der Waals surface area contributed by atoms with Gasteiger partial charge in [0.2, 0.25) is 0 Å². The van der Waals surface area contributed by atoms with E-state index in [9.17, 15) is 4.79 Å². The van der Waals surface area contributed by atoms with Gasteiger partial charge in [-0.2, -0.15) is 0 Å². The van der Waals surface area contributed by atoms with Gasteiger partial charge in [0.1, 0.15) is 0 Å². The Hall–Kier alpha value is -1.86. The van der Waals surface area contributed by atoms with Gasteiger partial charge in [-0.15, -0.1) is 0 Å². The van der Waals surface area contributed by atoms with Crippen molar-refractivity contribution in [2.75, 3.05) is 11.7 Å². The number of nitrogens with one attached hydrogen (secondary N) is 2. The maximum atomic E-state index is 11.7. The highest BCUT2D eigenvalue weighted by molar-refractivity contribution is 9.10. The Morgan fingerprint density at radius 1 is 1.24 bits per heavy atom. The predicted molar refractivity (Wildman–Crippen MR) is 88.8 cm³/mol. The smallest absolute Gasteiger partial charge is 0.262 e. The highest BCUT2D eigenvalue weighted by Gasteiger charge is 1.97. The maximum Gasteiger partial charge on any atom is 0.262 e. The number of halogens is 1. The van der Waals surface area contributed by atoms with E-state index in [-0.39, 0.29) is 5.91 Å². The molecule has 0 radical (unpaired) electrons. The monoisotopic (exact) mass is 364 g/mol. The van der Waals surface area contributed by atoms with Gasteiger partial charge in [0.25, 0.3) is 5.91 Å². The summed E-state index contributed by atoms with van der Waals surface area (Å²) < 4.78 is 0.980. The van der Waals surface area contributed by atoms with Crippen LogP contribution in [0, 0.1) is 0 Å². The highest BCUT2D eigenvalue weighted by atomic mass is 79.9. The van der Waals surface area contributed by atoms with Crippen LogP contribution in [0.4, 0.5) is 5.69 Å². The van der Waals surface area contributed by atoms with Crippen molar-refractivity contribution in [3.8, 4) is 0 Å². The van der Waals surface area contributed by atoms with Gasteiger partial charge in [-0.3, -0.25) is 15.6 Å². The number of aromatic nitrogens is 2. The first-order chi connectivity index (χ1) is 10.2. The van der Waals surface area contributed by atoms with Crippen molar-refractivity contribution >= 4 is 45.4 Å². The Labute approximate surface area is 135 Å². The molecular formula is C14H13BrN4OS. The molecule has 2 aromatic rings. The molecule has 21 heavy (non-hydrogen) atoms. The van der Waals surface area contributed by atoms with E-state index in [1.807, 2.05) is 30.5 Å². The molecule has 0 fully saturated rings. The summed E-state index contributed by atoms with van der Waals surface area (Å²) in [6.07, 6.45) is 8.33. The lowest BCUT2D eigenvalue weighted by Crippen LogP contribution is -2.27. The molecule has 0 saturated heterocycles. The number of rotatable bonds is 5. The normalized spacial score (nSPS) is 10.6. The number of anilines is 1. The number of carbonyl (C=O) groups is 1. The highest BCUT2D eigenvalue weighted by Crippen LogP contribution is 2.13. The van der Waals surface area contributed by atoms with E-state index in [0.29, 0.717) is 5.16 Å². The number of hydrogen-bond acceptors (Lipinski definition) is 5. The van der Waals surface area contributed by atoms with Crippen LogP contribution in [0.5, 0.6) is 0 Å². The van der Waals surface area contributed by atoms with E-state index in [1.54, 1.807) is 18.5 Å². The minimum absolute atomic E-state index is 0.258. The van der Waals surface area contributed by atoms with Crippen LogP contribution in [0.2, 0.25) is 0 Å². The Morgan fingerprint density at radius 3 is 2.52 bits per heavy atom. The van der Waals surface area contributed by atoms with Crippen LogP contribution in [-0.2, 0) is 4.79 Å². The number of nitrogens with zero attached hydrogens (tertiary/aromatic N) is 2. The molecule has 0 aliphatic carbocycles. The molecule has 0 unspecified atom stereocenters. The van der Waals surface area contributed by atoms with Crippen LogP contribution in [-0.4, -0.2) is 22.1 Å². The van der Waals surface area contributed by atoms with Crippen molar-refractivity contribution in [1.29, 1.82) is 0 Å². The van der Waals surface area contributed by atoms with Crippen molar-refractivity contribution in [2.24, 2.45) is 0 Å². The van der Waals surface area contributed by atoms with Gasteiger partial charge in [0, 0.05) is 28.5 Å². The summed E-state index contributed by atoms with van der Waals surface area (Å²) in [5.74, 6) is -0.258. The number of carbonyl (C=O) groups excluding carboxylic acids is 1. The Morgan fingerprint density at radius 2 is 1.90 bits per heavy atom. The second-order valence-electron chi connectivity index (χ2n) is 3.96. The molecule has 0 aliphatic rings. The number of thioether (sulfide) groups is 1. The number of hydrazine groups is 1. The molecule has 1 heterocycles. The second-order valence-corrected chi connectivity index (χ2v) is 5.65. The van der Waals surface area contributed by atoms with Crippen LogP contribution in [0.1, 0.15) is 5.56 Å². The zero-order chi connectivity index (χ0) is 15.1. The second kappa shape index (κ2) is 7.80. The average Bonchev–Trinajstić information content (AvgIpc) is 2.53. The quantitative estimate of drug-likeness (QED) is 0.369. The minimum Gasteiger partial charge on any atom is -0.298 e. The summed E-state index contributed by atoms with van der Waals surface area (Å²) in [5.41, 5.74) is 6.96.